The van der Waals surface area contributed by atoms with Crippen LogP contribution in [0.25, 0.3) is 11.3 Å². The average molecular weight is 267 g/mol. The highest BCUT2D eigenvalue weighted by Gasteiger charge is 2.25. The first kappa shape index (κ1) is 12.8. The van der Waals surface area contributed by atoms with Gasteiger partial charge in [0.2, 0.25) is 5.91 Å². The Balaban J connectivity index is 1.80. The lowest BCUT2D eigenvalue weighted by Crippen LogP contribution is -2.27. The van der Waals surface area contributed by atoms with E-state index in [-0.39, 0.29) is 11.8 Å². The molecule has 0 aliphatic heterocycles. The van der Waals surface area contributed by atoms with Gasteiger partial charge >= 0.3 is 0 Å². The van der Waals surface area contributed by atoms with E-state index in [9.17, 15) is 4.79 Å². The predicted molar refractivity (Wildman–Crippen MR) is 78.2 cm³/mol. The third kappa shape index (κ3) is 2.69. The third-order valence-electron chi connectivity index (χ3n) is 3.68. The largest absolute Gasteiger partial charge is 0.326 e. The van der Waals surface area contributed by atoms with Crippen LogP contribution >= 0.6 is 0 Å². The minimum absolute atomic E-state index is 0.132. The van der Waals surface area contributed by atoms with Crippen molar-refractivity contribution in [2.24, 2.45) is 5.92 Å². The lowest BCUT2D eigenvalue weighted by molar-refractivity contribution is -0.122. The third-order valence-corrected chi connectivity index (χ3v) is 3.68. The summed E-state index contributed by atoms with van der Waals surface area (Å²) in [4.78, 5) is 20.5. The fraction of sp³-hybridized carbons (Fsp3) is 0.312. The molecule has 2 aromatic rings. The van der Waals surface area contributed by atoms with Gasteiger partial charge < -0.3 is 5.32 Å². The smallest absolute Gasteiger partial charge is 0.227 e. The zero-order chi connectivity index (χ0) is 13.9. The van der Waals surface area contributed by atoms with Gasteiger partial charge in [0, 0.05) is 23.4 Å². The number of aromatic nitrogens is 2. The maximum atomic E-state index is 12.0. The summed E-state index contributed by atoms with van der Waals surface area (Å²) in [5, 5.41) is 2.99. The van der Waals surface area contributed by atoms with Crippen LogP contribution in [-0.2, 0) is 4.79 Å². The molecule has 1 aliphatic carbocycles. The van der Waals surface area contributed by atoms with Crippen molar-refractivity contribution in [2.45, 2.75) is 26.2 Å². The van der Waals surface area contributed by atoms with Crippen LogP contribution in [0.2, 0.25) is 0 Å². The average Bonchev–Trinajstić information content (AvgIpc) is 2.37. The van der Waals surface area contributed by atoms with Crippen LogP contribution in [0.3, 0.4) is 0 Å². The summed E-state index contributed by atoms with van der Waals surface area (Å²) in [7, 11) is 0. The van der Waals surface area contributed by atoms with Gasteiger partial charge in [-0.25, -0.2) is 9.97 Å². The van der Waals surface area contributed by atoms with Crippen molar-refractivity contribution in [3.63, 3.8) is 0 Å². The maximum absolute atomic E-state index is 12.0. The monoisotopic (exact) mass is 267 g/mol. The predicted octanol–water partition coefficient (Wildman–Crippen LogP) is 3.19. The van der Waals surface area contributed by atoms with E-state index in [1.165, 1.54) is 6.42 Å². The lowest BCUT2D eigenvalue weighted by Gasteiger charge is -2.24. The highest BCUT2D eigenvalue weighted by atomic mass is 16.1. The molecule has 1 N–H and O–H groups in total. The molecule has 1 heterocycles. The first-order valence-corrected chi connectivity index (χ1v) is 6.93. The Kier molecular flexibility index (Phi) is 3.46. The Morgan fingerprint density at radius 1 is 1.30 bits per heavy atom. The van der Waals surface area contributed by atoms with Crippen LogP contribution in [0, 0.1) is 12.8 Å². The molecule has 0 unspecified atom stereocenters. The van der Waals surface area contributed by atoms with E-state index >= 15 is 0 Å². The molecule has 1 aliphatic rings. The molecule has 3 rings (SSSR count). The Hall–Kier alpha value is -2.23. The van der Waals surface area contributed by atoms with E-state index in [0.717, 1.165) is 35.6 Å². The Bertz CT molecular complexity index is 635. The van der Waals surface area contributed by atoms with Crippen molar-refractivity contribution in [3.05, 3.63) is 42.4 Å². The van der Waals surface area contributed by atoms with Gasteiger partial charge in [-0.2, -0.15) is 0 Å². The summed E-state index contributed by atoms with van der Waals surface area (Å²) < 4.78 is 0. The molecule has 0 radical (unpaired) electrons. The van der Waals surface area contributed by atoms with Gasteiger partial charge in [-0.3, -0.25) is 4.79 Å². The van der Waals surface area contributed by atoms with E-state index < -0.39 is 0 Å². The normalized spacial score (nSPS) is 14.7. The summed E-state index contributed by atoms with van der Waals surface area (Å²) in [6.07, 6.45) is 4.93. The summed E-state index contributed by atoms with van der Waals surface area (Å²) >= 11 is 0. The first-order chi connectivity index (χ1) is 9.72. The summed E-state index contributed by atoms with van der Waals surface area (Å²) in [5.74, 6) is 1.07. The lowest BCUT2D eigenvalue weighted by atomic mass is 9.85. The fourth-order valence-electron chi connectivity index (χ4n) is 2.29. The number of hydrogen-bond acceptors (Lipinski definition) is 3. The number of anilines is 1. The highest BCUT2D eigenvalue weighted by molar-refractivity contribution is 5.93. The van der Waals surface area contributed by atoms with Crippen LogP contribution in [0.5, 0.6) is 0 Å². The van der Waals surface area contributed by atoms with Crippen LogP contribution in [0.1, 0.15) is 25.1 Å². The molecule has 0 atom stereocenters. The summed E-state index contributed by atoms with van der Waals surface area (Å²) in [5.41, 5.74) is 2.69. The molecule has 1 amide bonds. The van der Waals surface area contributed by atoms with Gasteiger partial charge in [0.05, 0.1) is 5.69 Å². The SMILES string of the molecule is Cc1nccc(-c2cccc(NC(=O)C3CCC3)c2)n1. The van der Waals surface area contributed by atoms with E-state index in [2.05, 4.69) is 15.3 Å². The van der Waals surface area contributed by atoms with Gasteiger partial charge in [0.15, 0.2) is 0 Å². The second-order valence-electron chi connectivity index (χ2n) is 5.19. The number of nitrogens with zero attached hydrogens (tertiary/aromatic N) is 2. The molecule has 102 valence electrons. The molecule has 1 aromatic heterocycles. The van der Waals surface area contributed by atoms with Crippen molar-refractivity contribution in [2.75, 3.05) is 5.32 Å². The number of carbonyl (C=O) groups excluding carboxylic acids is 1. The van der Waals surface area contributed by atoms with Crippen LogP contribution in [0.15, 0.2) is 36.5 Å². The van der Waals surface area contributed by atoms with Crippen molar-refractivity contribution in [1.82, 2.24) is 9.97 Å². The zero-order valence-corrected chi connectivity index (χ0v) is 11.5. The molecule has 1 aromatic carbocycles. The number of benzene rings is 1. The van der Waals surface area contributed by atoms with Crippen molar-refractivity contribution in [3.8, 4) is 11.3 Å². The molecule has 0 bridgehead atoms. The van der Waals surface area contributed by atoms with E-state index in [4.69, 9.17) is 0 Å². The second-order valence-corrected chi connectivity index (χ2v) is 5.19. The van der Waals surface area contributed by atoms with Crippen LogP contribution < -0.4 is 5.32 Å². The Morgan fingerprint density at radius 2 is 2.15 bits per heavy atom. The van der Waals surface area contributed by atoms with Gasteiger partial charge in [-0.15, -0.1) is 0 Å². The Morgan fingerprint density at radius 3 is 2.85 bits per heavy atom. The van der Waals surface area contributed by atoms with Crippen LogP contribution in [-0.4, -0.2) is 15.9 Å². The summed E-state index contributed by atoms with van der Waals surface area (Å²) in [6.45, 7) is 1.87. The molecule has 0 spiro atoms. The fourth-order valence-corrected chi connectivity index (χ4v) is 2.29. The minimum Gasteiger partial charge on any atom is -0.326 e. The molecule has 1 fully saturated rings. The van der Waals surface area contributed by atoms with Gasteiger partial charge in [-0.05, 0) is 38.0 Å². The van der Waals surface area contributed by atoms with Crippen molar-refractivity contribution >= 4 is 11.6 Å². The number of carbonyl (C=O) groups is 1. The molecular formula is C16H17N3O. The van der Waals surface area contributed by atoms with E-state index in [1.807, 2.05) is 37.3 Å². The quantitative estimate of drug-likeness (QED) is 0.929. The van der Waals surface area contributed by atoms with Gasteiger partial charge in [0.1, 0.15) is 5.82 Å². The van der Waals surface area contributed by atoms with Gasteiger partial charge in [-0.1, -0.05) is 18.6 Å². The number of hydrogen-bond donors (Lipinski definition) is 1. The molecule has 4 nitrogen and oxygen atoms in total. The van der Waals surface area contributed by atoms with Crippen LogP contribution in [0.4, 0.5) is 5.69 Å². The number of aryl methyl sites for hydroxylation is 1. The molecular weight excluding hydrogens is 250 g/mol. The Labute approximate surface area is 118 Å². The summed E-state index contributed by atoms with van der Waals surface area (Å²) in [6, 6.07) is 9.66. The highest BCUT2D eigenvalue weighted by Crippen LogP contribution is 2.28. The topological polar surface area (TPSA) is 54.9 Å². The molecule has 1 saturated carbocycles. The van der Waals surface area contributed by atoms with E-state index in [1.54, 1.807) is 6.20 Å². The number of nitrogens with one attached hydrogen (secondary N) is 1. The van der Waals surface area contributed by atoms with Crippen molar-refractivity contribution < 1.29 is 4.79 Å². The maximum Gasteiger partial charge on any atom is 0.227 e. The standard InChI is InChI=1S/C16H17N3O/c1-11-17-9-8-15(18-11)13-6-3-7-14(10-13)19-16(20)12-4-2-5-12/h3,6-10,12H,2,4-5H2,1H3,(H,19,20). The van der Waals surface area contributed by atoms with Gasteiger partial charge in [0.25, 0.3) is 0 Å². The van der Waals surface area contributed by atoms with E-state index in [0.29, 0.717) is 0 Å². The van der Waals surface area contributed by atoms with Crippen molar-refractivity contribution in [1.29, 1.82) is 0 Å². The second kappa shape index (κ2) is 5.41. The molecule has 4 heteroatoms. The molecule has 20 heavy (non-hydrogen) atoms. The first-order valence-electron chi connectivity index (χ1n) is 6.93. The number of rotatable bonds is 3. The molecule has 0 saturated heterocycles. The number of amides is 1. The minimum atomic E-state index is 0.132. The zero-order valence-electron chi connectivity index (χ0n) is 11.5.